The molecule has 0 atom stereocenters. The minimum Gasteiger partial charge on any atom is -0.304 e. The molecule has 1 heteroatoms. The molecule has 3 aliphatic rings. The molecule has 0 unspecified atom stereocenters. The molecule has 0 aromatic rings. The van der Waals surface area contributed by atoms with Gasteiger partial charge in [-0.15, -0.1) is 0 Å². The van der Waals surface area contributed by atoms with Gasteiger partial charge < -0.3 is 4.79 Å². The van der Waals surface area contributed by atoms with Crippen LogP contribution >= 0.6 is 0 Å². The first-order valence-corrected chi connectivity index (χ1v) is 6.81. The molecule has 0 spiro atoms. The van der Waals surface area contributed by atoms with Crippen molar-refractivity contribution in [3.63, 3.8) is 0 Å². The second kappa shape index (κ2) is 13.7. The highest BCUT2D eigenvalue weighted by atomic mass is 16.1. The fraction of sp³-hybridized carbons (Fsp3) is 0.929. The predicted molar refractivity (Wildman–Crippen MR) is 67.1 cm³/mol. The fourth-order valence-corrected chi connectivity index (χ4v) is 0.750. The van der Waals surface area contributed by atoms with Crippen LogP contribution in [0.4, 0.5) is 0 Å². The quantitative estimate of drug-likeness (QED) is 0.523. The van der Waals surface area contributed by atoms with Gasteiger partial charge in [0.05, 0.1) is 0 Å². The van der Waals surface area contributed by atoms with Crippen molar-refractivity contribution in [1.82, 2.24) is 0 Å². The summed E-state index contributed by atoms with van der Waals surface area (Å²) >= 11 is 0. The lowest BCUT2D eigenvalue weighted by Crippen LogP contribution is -1.85. The van der Waals surface area contributed by atoms with Gasteiger partial charge in [-0.05, 0) is 6.92 Å². The van der Waals surface area contributed by atoms with Gasteiger partial charge >= 0.3 is 0 Å². The van der Waals surface area contributed by atoms with Gasteiger partial charge in [0, 0.05) is 0 Å². The molecular formula is C14H28O. The van der Waals surface area contributed by atoms with E-state index in [0.717, 1.165) is 6.29 Å². The van der Waals surface area contributed by atoms with Crippen LogP contribution in [-0.2, 0) is 4.79 Å². The smallest absolute Gasteiger partial charge is 0.116 e. The number of carbonyl (C=O) groups is 1. The van der Waals surface area contributed by atoms with Gasteiger partial charge in [0.15, 0.2) is 0 Å². The number of rotatable bonds is 0. The van der Waals surface area contributed by atoms with E-state index in [2.05, 4.69) is 0 Å². The summed E-state index contributed by atoms with van der Waals surface area (Å²) in [5.74, 6) is 0. The van der Waals surface area contributed by atoms with Crippen LogP contribution in [0.5, 0.6) is 0 Å². The molecule has 3 fully saturated rings. The fourth-order valence-electron chi connectivity index (χ4n) is 0.750. The molecule has 3 saturated carbocycles. The third-order valence-electron chi connectivity index (χ3n) is 3.00. The van der Waals surface area contributed by atoms with Crippen LogP contribution in [0.3, 0.4) is 0 Å². The van der Waals surface area contributed by atoms with Crippen molar-refractivity contribution in [2.24, 2.45) is 0 Å². The molecule has 3 rings (SSSR count). The lowest BCUT2D eigenvalue weighted by molar-refractivity contribution is -0.106. The van der Waals surface area contributed by atoms with Gasteiger partial charge in [0.25, 0.3) is 0 Å². The summed E-state index contributed by atoms with van der Waals surface area (Å²) in [5.41, 5.74) is 0. The van der Waals surface area contributed by atoms with Gasteiger partial charge in [0.1, 0.15) is 6.29 Å². The van der Waals surface area contributed by atoms with Crippen LogP contribution < -0.4 is 0 Å². The molecule has 3 aliphatic carbocycles. The van der Waals surface area contributed by atoms with Crippen LogP contribution in [0.2, 0.25) is 0 Å². The van der Waals surface area contributed by atoms with Crippen LogP contribution in [0.25, 0.3) is 0 Å². The summed E-state index contributed by atoms with van der Waals surface area (Å²) in [6.07, 6.45) is 18.8. The molecule has 0 aliphatic heterocycles. The third-order valence-corrected chi connectivity index (χ3v) is 3.00. The SMILES string of the molecule is C1CCC1.C1CCC1.C1CCC1.CC=O. The zero-order valence-corrected chi connectivity index (χ0v) is 10.5. The van der Waals surface area contributed by atoms with Crippen molar-refractivity contribution >= 4 is 6.29 Å². The second-order valence-corrected chi connectivity index (χ2v) is 4.48. The van der Waals surface area contributed by atoms with E-state index in [-0.39, 0.29) is 0 Å². The summed E-state index contributed by atoms with van der Waals surface area (Å²) in [6, 6.07) is 0. The van der Waals surface area contributed by atoms with Crippen molar-refractivity contribution in [1.29, 1.82) is 0 Å². The third kappa shape index (κ3) is 13.7. The van der Waals surface area contributed by atoms with E-state index < -0.39 is 0 Å². The first kappa shape index (κ1) is 14.7. The largest absolute Gasteiger partial charge is 0.304 e. The summed E-state index contributed by atoms with van der Waals surface area (Å²) in [4.78, 5) is 8.81. The van der Waals surface area contributed by atoms with Crippen molar-refractivity contribution in [2.45, 2.75) is 84.0 Å². The molecule has 0 heterocycles. The Morgan fingerprint density at radius 1 is 0.533 bits per heavy atom. The Hall–Kier alpha value is -0.330. The van der Waals surface area contributed by atoms with E-state index >= 15 is 0 Å². The molecule has 0 amide bonds. The zero-order valence-electron chi connectivity index (χ0n) is 10.5. The van der Waals surface area contributed by atoms with Crippen molar-refractivity contribution in [2.75, 3.05) is 0 Å². The summed E-state index contributed by atoms with van der Waals surface area (Å²) in [5, 5.41) is 0. The highest BCUT2D eigenvalue weighted by molar-refractivity contribution is 5.44. The van der Waals surface area contributed by atoms with Gasteiger partial charge in [0.2, 0.25) is 0 Å². The Labute approximate surface area is 95.6 Å². The predicted octanol–water partition coefficient (Wildman–Crippen LogP) is 4.89. The molecule has 0 N–H and O–H groups in total. The maximum atomic E-state index is 8.81. The maximum Gasteiger partial charge on any atom is 0.116 e. The topological polar surface area (TPSA) is 17.1 Å². The van der Waals surface area contributed by atoms with Crippen LogP contribution in [0, 0.1) is 0 Å². The lowest BCUT2D eigenvalue weighted by atomic mass is 10.0. The second-order valence-electron chi connectivity index (χ2n) is 4.48. The molecular weight excluding hydrogens is 184 g/mol. The Bertz CT molecular complexity index is 77.5. The van der Waals surface area contributed by atoms with Gasteiger partial charge in [-0.1, -0.05) is 77.0 Å². The van der Waals surface area contributed by atoms with Crippen LogP contribution in [0.1, 0.15) is 84.0 Å². The molecule has 90 valence electrons. The Balaban J connectivity index is 0.000000176. The lowest BCUT2D eigenvalue weighted by Gasteiger charge is -2.05. The molecule has 0 aromatic carbocycles. The molecule has 0 saturated heterocycles. The average molecular weight is 212 g/mol. The molecule has 0 aromatic heterocycles. The van der Waals surface area contributed by atoms with Crippen molar-refractivity contribution in [3.8, 4) is 0 Å². The van der Waals surface area contributed by atoms with E-state index in [1.54, 1.807) is 0 Å². The molecule has 15 heavy (non-hydrogen) atoms. The Morgan fingerprint density at radius 2 is 0.600 bits per heavy atom. The van der Waals surface area contributed by atoms with E-state index in [9.17, 15) is 0 Å². The highest BCUT2D eigenvalue weighted by Gasteiger charge is 1.96. The first-order chi connectivity index (χ1) is 7.41. The normalized spacial score (nSPS) is 20.1. The minimum atomic E-state index is 0.750. The summed E-state index contributed by atoms with van der Waals surface area (Å²) < 4.78 is 0. The first-order valence-electron chi connectivity index (χ1n) is 6.81. The molecule has 0 radical (unpaired) electrons. The van der Waals surface area contributed by atoms with Crippen LogP contribution in [-0.4, -0.2) is 6.29 Å². The number of carbonyl (C=O) groups excluding carboxylic acids is 1. The van der Waals surface area contributed by atoms with Crippen molar-refractivity contribution in [3.05, 3.63) is 0 Å². The van der Waals surface area contributed by atoms with E-state index in [0.29, 0.717) is 0 Å². The van der Waals surface area contributed by atoms with Crippen molar-refractivity contribution < 1.29 is 4.79 Å². The van der Waals surface area contributed by atoms with E-state index in [4.69, 9.17) is 4.79 Å². The molecule has 1 nitrogen and oxygen atoms in total. The van der Waals surface area contributed by atoms with E-state index in [1.807, 2.05) is 0 Å². The summed E-state index contributed by atoms with van der Waals surface area (Å²) in [6.45, 7) is 1.44. The average Bonchev–Trinajstić information content (AvgIpc) is 1.71. The van der Waals surface area contributed by atoms with E-state index in [1.165, 1.54) is 84.0 Å². The van der Waals surface area contributed by atoms with Gasteiger partial charge in [-0.25, -0.2) is 0 Å². The van der Waals surface area contributed by atoms with Gasteiger partial charge in [-0.3, -0.25) is 0 Å². The molecule has 0 bridgehead atoms. The number of hydrogen-bond donors (Lipinski definition) is 0. The van der Waals surface area contributed by atoms with Gasteiger partial charge in [-0.2, -0.15) is 0 Å². The highest BCUT2D eigenvalue weighted by Crippen LogP contribution is 2.15. The standard InChI is InChI=1S/3C4H8.C2H4O/c3*1-2-4-3-1;1-2-3/h3*1-4H2;2H,1H3. The summed E-state index contributed by atoms with van der Waals surface area (Å²) in [7, 11) is 0. The Morgan fingerprint density at radius 3 is 0.600 bits per heavy atom. The minimum absolute atomic E-state index is 0.750. The number of aldehydes is 1. The Kier molecular flexibility index (Phi) is 13.4. The van der Waals surface area contributed by atoms with Crippen LogP contribution in [0.15, 0.2) is 0 Å². The maximum absolute atomic E-state index is 8.81. The number of hydrogen-bond acceptors (Lipinski definition) is 1. The monoisotopic (exact) mass is 212 g/mol. The zero-order chi connectivity index (χ0) is 11.2.